The minimum atomic E-state index is -3.44. The second-order valence-electron chi connectivity index (χ2n) is 6.57. The lowest BCUT2D eigenvalue weighted by Crippen LogP contribution is -2.46. The van der Waals surface area contributed by atoms with Gasteiger partial charge in [0.2, 0.25) is 15.9 Å². The molecule has 1 heterocycles. The monoisotopic (exact) mass is 352 g/mol. The molecule has 24 heavy (non-hydrogen) atoms. The fourth-order valence-electron chi connectivity index (χ4n) is 3.20. The number of sulfonamides is 1. The lowest BCUT2D eigenvalue weighted by molar-refractivity contribution is -0.134. The summed E-state index contributed by atoms with van der Waals surface area (Å²) in [4.78, 5) is 14.8. The van der Waals surface area contributed by atoms with E-state index < -0.39 is 10.0 Å². The van der Waals surface area contributed by atoms with Crippen LogP contribution in [0, 0.1) is 5.92 Å². The van der Waals surface area contributed by atoms with Crippen LogP contribution >= 0.6 is 0 Å². The van der Waals surface area contributed by atoms with E-state index in [2.05, 4.69) is 18.6 Å². The number of nitrogens with zero attached hydrogens (tertiary/aromatic N) is 1. The van der Waals surface area contributed by atoms with E-state index in [1.54, 1.807) is 31.2 Å². The topological polar surface area (TPSA) is 66.5 Å². The van der Waals surface area contributed by atoms with Crippen LogP contribution in [-0.2, 0) is 21.2 Å². The molecule has 0 saturated carbocycles. The molecule has 2 atom stereocenters. The van der Waals surface area contributed by atoms with E-state index in [0.29, 0.717) is 18.9 Å². The van der Waals surface area contributed by atoms with Crippen molar-refractivity contribution in [3.05, 3.63) is 29.8 Å². The summed E-state index contributed by atoms with van der Waals surface area (Å²) in [5.41, 5.74) is 0.848. The highest BCUT2D eigenvalue weighted by molar-refractivity contribution is 7.89. The van der Waals surface area contributed by atoms with E-state index in [4.69, 9.17) is 0 Å². The van der Waals surface area contributed by atoms with Gasteiger partial charge in [0.1, 0.15) is 0 Å². The van der Waals surface area contributed by atoms with Gasteiger partial charge in [0.05, 0.1) is 11.3 Å². The largest absolute Gasteiger partial charge is 0.339 e. The highest BCUT2D eigenvalue weighted by Gasteiger charge is 2.28. The van der Waals surface area contributed by atoms with Crippen molar-refractivity contribution in [2.45, 2.75) is 57.4 Å². The smallest absolute Gasteiger partial charge is 0.240 e. The highest BCUT2D eigenvalue weighted by Crippen LogP contribution is 2.24. The van der Waals surface area contributed by atoms with Gasteiger partial charge in [0, 0.05) is 19.1 Å². The first kappa shape index (κ1) is 18.9. The average Bonchev–Trinajstić information content (AvgIpc) is 2.55. The molecule has 1 aromatic carbocycles. The third-order valence-electron chi connectivity index (χ3n) is 4.80. The Morgan fingerprint density at radius 2 is 1.88 bits per heavy atom. The van der Waals surface area contributed by atoms with Crippen LogP contribution in [0.2, 0.25) is 0 Å². The highest BCUT2D eigenvalue weighted by atomic mass is 32.2. The van der Waals surface area contributed by atoms with Crippen LogP contribution < -0.4 is 4.72 Å². The maximum atomic E-state index is 12.6. The van der Waals surface area contributed by atoms with E-state index in [0.717, 1.165) is 24.9 Å². The fraction of sp³-hybridized carbons (Fsp3) is 0.611. The summed E-state index contributed by atoms with van der Waals surface area (Å²) in [7, 11) is -3.44. The Hall–Kier alpha value is -1.40. The number of piperidine rings is 1. The summed E-state index contributed by atoms with van der Waals surface area (Å²) < 4.78 is 26.3. The number of nitrogens with one attached hydrogen (secondary N) is 1. The molecule has 0 aliphatic carbocycles. The summed E-state index contributed by atoms with van der Waals surface area (Å²) in [5.74, 6) is 0.723. The summed E-state index contributed by atoms with van der Waals surface area (Å²) in [5, 5.41) is 0. The number of likely N-dealkylation sites (tertiary alicyclic amines) is 1. The van der Waals surface area contributed by atoms with Gasteiger partial charge in [-0.3, -0.25) is 4.79 Å². The van der Waals surface area contributed by atoms with Crippen LogP contribution in [0.5, 0.6) is 0 Å². The molecule has 0 bridgehead atoms. The third kappa shape index (κ3) is 4.57. The Labute approximate surface area is 145 Å². The molecule has 1 N–H and O–H groups in total. The van der Waals surface area contributed by atoms with Crippen LogP contribution in [0.25, 0.3) is 0 Å². The quantitative estimate of drug-likeness (QED) is 0.856. The Balaban J connectivity index is 2.04. The zero-order valence-electron chi connectivity index (χ0n) is 14.8. The molecular weight excluding hydrogens is 324 g/mol. The van der Waals surface area contributed by atoms with Crippen LogP contribution in [-0.4, -0.2) is 38.4 Å². The standard InChI is InChI=1S/C18H28N2O3S/c1-4-15-7-6-14(3)20(13-15)18(21)12-16-8-10-17(11-9-16)24(22,23)19-5-2/h8-11,14-15,19H,4-7,12-13H2,1-3H3/t14-,15+/m1/s1. The first-order valence-electron chi connectivity index (χ1n) is 8.75. The minimum absolute atomic E-state index is 0.128. The minimum Gasteiger partial charge on any atom is -0.339 e. The second kappa shape index (κ2) is 8.12. The van der Waals surface area contributed by atoms with Crippen molar-refractivity contribution in [1.29, 1.82) is 0 Å². The van der Waals surface area contributed by atoms with E-state index in [1.165, 1.54) is 6.42 Å². The molecular formula is C18H28N2O3S. The first-order chi connectivity index (χ1) is 11.4. The normalized spacial score (nSPS) is 21.7. The Bertz CT molecular complexity index is 655. The zero-order valence-corrected chi connectivity index (χ0v) is 15.6. The van der Waals surface area contributed by atoms with E-state index in [-0.39, 0.29) is 16.8 Å². The van der Waals surface area contributed by atoms with Crippen molar-refractivity contribution < 1.29 is 13.2 Å². The number of hydrogen-bond acceptors (Lipinski definition) is 3. The summed E-state index contributed by atoms with van der Waals surface area (Å²) >= 11 is 0. The number of amides is 1. The predicted octanol–water partition coefficient (Wildman–Crippen LogP) is 2.56. The summed E-state index contributed by atoms with van der Waals surface area (Å²) in [6.45, 7) is 7.22. The van der Waals surface area contributed by atoms with Gasteiger partial charge in [-0.15, -0.1) is 0 Å². The molecule has 1 aromatic rings. The molecule has 1 amide bonds. The molecule has 6 heteroatoms. The van der Waals surface area contributed by atoms with Gasteiger partial charge >= 0.3 is 0 Å². The Morgan fingerprint density at radius 3 is 2.46 bits per heavy atom. The van der Waals surface area contributed by atoms with E-state index >= 15 is 0 Å². The second-order valence-corrected chi connectivity index (χ2v) is 8.34. The van der Waals surface area contributed by atoms with E-state index in [1.807, 2.05) is 4.90 Å². The molecule has 1 fully saturated rings. The van der Waals surface area contributed by atoms with E-state index in [9.17, 15) is 13.2 Å². The van der Waals surface area contributed by atoms with Gasteiger partial charge in [0.25, 0.3) is 0 Å². The van der Waals surface area contributed by atoms with Gasteiger partial charge in [-0.2, -0.15) is 0 Å². The molecule has 1 aliphatic rings. The number of carbonyl (C=O) groups is 1. The Kier molecular flexibility index (Phi) is 6.40. The molecule has 0 radical (unpaired) electrons. The Morgan fingerprint density at radius 1 is 1.21 bits per heavy atom. The van der Waals surface area contributed by atoms with Crippen LogP contribution in [0.1, 0.15) is 45.6 Å². The van der Waals surface area contributed by atoms with Crippen molar-refractivity contribution in [3.8, 4) is 0 Å². The number of benzene rings is 1. The SMILES string of the molecule is CCNS(=O)(=O)c1ccc(CC(=O)N2C[C@@H](CC)CC[C@H]2C)cc1. The molecule has 0 spiro atoms. The fourth-order valence-corrected chi connectivity index (χ4v) is 4.24. The zero-order chi connectivity index (χ0) is 17.7. The number of rotatable bonds is 6. The van der Waals surface area contributed by atoms with Gasteiger partial charge in [-0.1, -0.05) is 32.4 Å². The molecule has 2 rings (SSSR count). The molecule has 1 aliphatic heterocycles. The van der Waals surface area contributed by atoms with Crippen molar-refractivity contribution in [1.82, 2.24) is 9.62 Å². The van der Waals surface area contributed by atoms with Gasteiger partial charge in [-0.25, -0.2) is 13.1 Å². The summed E-state index contributed by atoms with van der Waals surface area (Å²) in [6, 6.07) is 6.88. The van der Waals surface area contributed by atoms with Crippen molar-refractivity contribution in [2.24, 2.45) is 5.92 Å². The number of carbonyl (C=O) groups excluding carboxylic acids is 1. The van der Waals surface area contributed by atoms with Crippen molar-refractivity contribution >= 4 is 15.9 Å². The molecule has 0 unspecified atom stereocenters. The summed E-state index contributed by atoms with van der Waals surface area (Å²) in [6.07, 6.45) is 3.68. The predicted molar refractivity (Wildman–Crippen MR) is 95.2 cm³/mol. The lowest BCUT2D eigenvalue weighted by Gasteiger charge is -2.38. The number of hydrogen-bond donors (Lipinski definition) is 1. The van der Waals surface area contributed by atoms with Gasteiger partial charge < -0.3 is 4.90 Å². The molecule has 134 valence electrons. The lowest BCUT2D eigenvalue weighted by atomic mass is 9.91. The first-order valence-corrected chi connectivity index (χ1v) is 10.2. The van der Waals surface area contributed by atoms with Crippen LogP contribution in [0.3, 0.4) is 0 Å². The third-order valence-corrected chi connectivity index (χ3v) is 6.36. The van der Waals surface area contributed by atoms with Crippen LogP contribution in [0.4, 0.5) is 0 Å². The van der Waals surface area contributed by atoms with Crippen molar-refractivity contribution in [3.63, 3.8) is 0 Å². The maximum Gasteiger partial charge on any atom is 0.240 e. The molecule has 5 nitrogen and oxygen atoms in total. The molecule has 1 saturated heterocycles. The average molecular weight is 353 g/mol. The van der Waals surface area contributed by atoms with Gasteiger partial charge in [0.15, 0.2) is 0 Å². The van der Waals surface area contributed by atoms with Crippen LogP contribution in [0.15, 0.2) is 29.2 Å². The maximum absolute atomic E-state index is 12.6. The van der Waals surface area contributed by atoms with Gasteiger partial charge in [-0.05, 0) is 43.4 Å². The van der Waals surface area contributed by atoms with Crippen molar-refractivity contribution in [2.75, 3.05) is 13.1 Å². The molecule has 0 aromatic heterocycles.